The van der Waals surface area contributed by atoms with Crippen molar-refractivity contribution in [2.24, 2.45) is 0 Å². The molecule has 0 amide bonds. The van der Waals surface area contributed by atoms with Crippen molar-refractivity contribution in [3.63, 3.8) is 0 Å². The molecule has 1 rings (SSSR count). The van der Waals surface area contributed by atoms with Gasteiger partial charge in [-0.1, -0.05) is 30.3 Å². The molecule has 0 spiro atoms. The number of halogens is 1. The van der Waals surface area contributed by atoms with Crippen LogP contribution in [0.5, 0.6) is 0 Å². The summed E-state index contributed by atoms with van der Waals surface area (Å²) in [6.45, 7) is 0. The van der Waals surface area contributed by atoms with Gasteiger partial charge in [-0.25, -0.2) is 0 Å². The molecule has 0 N–H and O–H groups in total. The van der Waals surface area contributed by atoms with Gasteiger partial charge in [0.15, 0.2) is 5.76 Å². The molecule has 13 heavy (non-hydrogen) atoms. The Morgan fingerprint density at radius 1 is 1.38 bits per heavy atom. The maximum absolute atomic E-state index is 10.8. The monoisotopic (exact) mass is 196 g/mol. The van der Waals surface area contributed by atoms with Gasteiger partial charge in [0.1, 0.15) is 0 Å². The van der Waals surface area contributed by atoms with E-state index in [1.165, 1.54) is 7.11 Å². The SMILES string of the molecule is CO/C(=C/c1ccccc1)C(=O)Cl. The zero-order chi connectivity index (χ0) is 9.68. The molecular weight excluding hydrogens is 188 g/mol. The van der Waals surface area contributed by atoms with E-state index in [0.717, 1.165) is 5.56 Å². The van der Waals surface area contributed by atoms with Gasteiger partial charge in [0.2, 0.25) is 0 Å². The number of benzene rings is 1. The number of rotatable bonds is 3. The first kappa shape index (κ1) is 9.81. The quantitative estimate of drug-likeness (QED) is 0.422. The van der Waals surface area contributed by atoms with Crippen LogP contribution in [0.2, 0.25) is 0 Å². The molecule has 0 heterocycles. The molecule has 0 saturated heterocycles. The van der Waals surface area contributed by atoms with Gasteiger partial charge in [-0.3, -0.25) is 4.79 Å². The first-order valence-corrected chi connectivity index (χ1v) is 4.12. The van der Waals surface area contributed by atoms with Crippen LogP contribution >= 0.6 is 11.6 Å². The maximum Gasteiger partial charge on any atom is 0.287 e. The Balaban J connectivity index is 2.92. The van der Waals surface area contributed by atoms with Gasteiger partial charge in [-0.05, 0) is 23.2 Å². The minimum atomic E-state index is -0.591. The van der Waals surface area contributed by atoms with Gasteiger partial charge >= 0.3 is 0 Å². The highest BCUT2D eigenvalue weighted by Crippen LogP contribution is 2.09. The number of hydrogen-bond donors (Lipinski definition) is 0. The van der Waals surface area contributed by atoms with Crippen LogP contribution in [0.15, 0.2) is 36.1 Å². The standard InChI is InChI=1S/C10H9ClO2/c1-13-9(10(11)12)7-8-5-3-2-4-6-8/h2-7H,1H3/b9-7+. The molecule has 0 aliphatic carbocycles. The van der Waals surface area contributed by atoms with E-state index in [1.54, 1.807) is 6.08 Å². The van der Waals surface area contributed by atoms with E-state index in [1.807, 2.05) is 30.3 Å². The highest BCUT2D eigenvalue weighted by atomic mass is 35.5. The van der Waals surface area contributed by atoms with Gasteiger partial charge < -0.3 is 4.74 Å². The van der Waals surface area contributed by atoms with E-state index in [4.69, 9.17) is 16.3 Å². The average molecular weight is 197 g/mol. The van der Waals surface area contributed by atoms with E-state index < -0.39 is 5.24 Å². The van der Waals surface area contributed by atoms with Crippen LogP contribution in [-0.4, -0.2) is 12.4 Å². The highest BCUT2D eigenvalue weighted by molar-refractivity contribution is 6.67. The van der Waals surface area contributed by atoms with Gasteiger partial charge in [0.05, 0.1) is 7.11 Å². The van der Waals surface area contributed by atoms with E-state index in [2.05, 4.69) is 0 Å². The first-order chi connectivity index (χ1) is 6.24. The van der Waals surface area contributed by atoms with Crippen LogP contribution in [0.1, 0.15) is 5.56 Å². The van der Waals surface area contributed by atoms with Crippen LogP contribution in [0, 0.1) is 0 Å². The molecule has 68 valence electrons. The second-order valence-corrected chi connectivity index (χ2v) is 2.74. The number of hydrogen-bond acceptors (Lipinski definition) is 2. The van der Waals surface area contributed by atoms with Crippen LogP contribution < -0.4 is 0 Å². The Morgan fingerprint density at radius 3 is 2.46 bits per heavy atom. The smallest absolute Gasteiger partial charge is 0.287 e. The van der Waals surface area contributed by atoms with Crippen LogP contribution in [0.4, 0.5) is 0 Å². The van der Waals surface area contributed by atoms with E-state index in [0.29, 0.717) is 0 Å². The number of ether oxygens (including phenoxy) is 1. The Kier molecular flexibility index (Phi) is 3.53. The summed E-state index contributed by atoms with van der Waals surface area (Å²) in [5.74, 6) is 0.146. The molecule has 0 fully saturated rings. The molecule has 0 atom stereocenters. The van der Waals surface area contributed by atoms with Gasteiger partial charge in [0, 0.05) is 0 Å². The van der Waals surface area contributed by atoms with Crippen LogP contribution in [0.25, 0.3) is 6.08 Å². The number of carbonyl (C=O) groups excluding carboxylic acids is 1. The van der Waals surface area contributed by atoms with Crippen molar-refractivity contribution in [3.05, 3.63) is 41.7 Å². The third-order valence-electron chi connectivity index (χ3n) is 1.51. The molecular formula is C10H9ClO2. The Labute approximate surface area is 81.8 Å². The summed E-state index contributed by atoms with van der Waals surface area (Å²) in [4.78, 5) is 10.8. The fourth-order valence-electron chi connectivity index (χ4n) is 0.897. The lowest BCUT2D eigenvalue weighted by atomic mass is 10.2. The van der Waals surface area contributed by atoms with Crippen molar-refractivity contribution in [1.82, 2.24) is 0 Å². The normalized spacial score (nSPS) is 11.1. The summed E-state index contributed by atoms with van der Waals surface area (Å²) in [6.07, 6.45) is 1.59. The topological polar surface area (TPSA) is 26.3 Å². The summed E-state index contributed by atoms with van der Waals surface area (Å²) in [6, 6.07) is 9.36. The van der Waals surface area contributed by atoms with Crippen LogP contribution in [-0.2, 0) is 9.53 Å². The molecule has 1 aromatic carbocycles. The van der Waals surface area contributed by atoms with Gasteiger partial charge in [-0.15, -0.1) is 0 Å². The Hall–Kier alpha value is -1.28. The zero-order valence-corrected chi connectivity index (χ0v) is 7.91. The molecule has 2 nitrogen and oxygen atoms in total. The minimum Gasteiger partial charge on any atom is -0.492 e. The van der Waals surface area contributed by atoms with Gasteiger partial charge in [-0.2, -0.15) is 0 Å². The molecule has 1 aromatic rings. The predicted molar refractivity (Wildman–Crippen MR) is 52.3 cm³/mol. The molecule has 0 bridgehead atoms. The lowest BCUT2D eigenvalue weighted by Crippen LogP contribution is -1.95. The molecule has 0 radical (unpaired) electrons. The van der Waals surface area contributed by atoms with Crippen molar-refractivity contribution < 1.29 is 9.53 Å². The number of methoxy groups -OCH3 is 1. The minimum absolute atomic E-state index is 0.146. The Bertz CT molecular complexity index is 317. The molecule has 0 aliphatic heterocycles. The third kappa shape index (κ3) is 2.92. The van der Waals surface area contributed by atoms with Crippen molar-refractivity contribution in [3.8, 4) is 0 Å². The Morgan fingerprint density at radius 2 is 2.00 bits per heavy atom. The lowest BCUT2D eigenvalue weighted by molar-refractivity contribution is -0.111. The number of allylic oxidation sites excluding steroid dienone is 1. The van der Waals surface area contributed by atoms with Crippen molar-refractivity contribution >= 4 is 22.9 Å². The zero-order valence-electron chi connectivity index (χ0n) is 7.16. The average Bonchev–Trinajstić information content (AvgIpc) is 2.15. The molecule has 0 unspecified atom stereocenters. The van der Waals surface area contributed by atoms with Crippen molar-refractivity contribution in [2.45, 2.75) is 0 Å². The van der Waals surface area contributed by atoms with Crippen LogP contribution in [0.3, 0.4) is 0 Å². The maximum atomic E-state index is 10.8. The van der Waals surface area contributed by atoms with Crippen molar-refractivity contribution in [1.29, 1.82) is 0 Å². The fourth-order valence-corrected chi connectivity index (χ4v) is 1.03. The largest absolute Gasteiger partial charge is 0.492 e. The summed E-state index contributed by atoms with van der Waals surface area (Å²) >= 11 is 5.26. The second kappa shape index (κ2) is 4.67. The van der Waals surface area contributed by atoms with E-state index in [9.17, 15) is 4.79 Å². The van der Waals surface area contributed by atoms with Crippen molar-refractivity contribution in [2.75, 3.05) is 7.11 Å². The van der Waals surface area contributed by atoms with E-state index in [-0.39, 0.29) is 5.76 Å². The summed E-state index contributed by atoms with van der Waals surface area (Å²) in [5.41, 5.74) is 0.883. The molecule has 3 heteroatoms. The third-order valence-corrected chi connectivity index (χ3v) is 1.70. The molecule has 0 aliphatic rings. The predicted octanol–water partition coefficient (Wildman–Crippen LogP) is 2.44. The fraction of sp³-hybridized carbons (Fsp3) is 0.100. The molecule has 0 aromatic heterocycles. The summed E-state index contributed by atoms with van der Waals surface area (Å²) in [5, 5.41) is -0.591. The molecule has 0 saturated carbocycles. The second-order valence-electron chi connectivity index (χ2n) is 2.40. The highest BCUT2D eigenvalue weighted by Gasteiger charge is 2.04. The first-order valence-electron chi connectivity index (χ1n) is 3.74. The number of carbonyl (C=O) groups is 1. The lowest BCUT2D eigenvalue weighted by Gasteiger charge is -1.99. The van der Waals surface area contributed by atoms with E-state index >= 15 is 0 Å². The summed E-state index contributed by atoms with van der Waals surface area (Å²) in [7, 11) is 1.41. The summed E-state index contributed by atoms with van der Waals surface area (Å²) < 4.78 is 4.80. The van der Waals surface area contributed by atoms with Gasteiger partial charge in [0.25, 0.3) is 5.24 Å².